The molecule has 2 saturated heterocycles. The van der Waals surface area contributed by atoms with Crippen LogP contribution in [0.2, 0.25) is 0 Å². The molecule has 0 spiro atoms. The lowest BCUT2D eigenvalue weighted by atomic mass is 9.97. The third kappa shape index (κ3) is 6.45. The Morgan fingerprint density at radius 3 is 2.13 bits per heavy atom. The van der Waals surface area contributed by atoms with Gasteiger partial charge >= 0.3 is 5.97 Å². The van der Waals surface area contributed by atoms with Gasteiger partial charge in [-0.05, 0) is 24.3 Å². The maximum absolute atomic E-state index is 13.8. The smallest absolute Gasteiger partial charge is 0.302 e. The van der Waals surface area contributed by atoms with Crippen molar-refractivity contribution in [1.29, 1.82) is 0 Å². The molecule has 0 saturated carbocycles. The molecule has 2 aliphatic rings. The van der Waals surface area contributed by atoms with E-state index in [2.05, 4.69) is 0 Å². The number of rotatable bonds is 8. The number of aliphatic hydroxyl groups excluding tert-OH is 6. The molecule has 2 fully saturated rings. The van der Waals surface area contributed by atoms with Crippen molar-refractivity contribution in [2.75, 3.05) is 13.2 Å². The summed E-state index contributed by atoms with van der Waals surface area (Å²) in [6.07, 6.45) is -17.9. The van der Waals surface area contributed by atoms with E-state index in [9.17, 15) is 55.5 Å². The van der Waals surface area contributed by atoms with Gasteiger partial charge in [-0.2, -0.15) is 0 Å². The van der Waals surface area contributed by atoms with Crippen LogP contribution in [0.1, 0.15) is 6.92 Å². The van der Waals surface area contributed by atoms with Crippen LogP contribution < -0.4 is 10.2 Å². The number of aromatic hydroxyl groups is 3. The Labute approximate surface area is 258 Å². The lowest BCUT2D eigenvalue weighted by molar-refractivity contribution is -0.358. The van der Waals surface area contributed by atoms with Crippen molar-refractivity contribution in [2.45, 2.75) is 68.3 Å². The van der Waals surface area contributed by atoms with Gasteiger partial charge in [-0.3, -0.25) is 9.59 Å². The third-order valence-electron chi connectivity index (χ3n) is 7.52. The molecule has 10 atom stereocenters. The van der Waals surface area contributed by atoms with Crippen molar-refractivity contribution in [2.24, 2.45) is 0 Å². The van der Waals surface area contributed by atoms with Crippen LogP contribution in [0.25, 0.3) is 22.3 Å². The average Bonchev–Trinajstić information content (AvgIpc) is 3.01. The summed E-state index contributed by atoms with van der Waals surface area (Å²) in [6, 6.07) is 7.17. The first kappa shape index (κ1) is 33.3. The number of phenols is 3. The van der Waals surface area contributed by atoms with Gasteiger partial charge in [0.1, 0.15) is 77.6 Å². The maximum Gasteiger partial charge on any atom is 0.302 e. The van der Waals surface area contributed by atoms with Gasteiger partial charge in [0, 0.05) is 24.6 Å². The summed E-state index contributed by atoms with van der Waals surface area (Å²) in [5.41, 5.74) is -1.11. The second-order valence-electron chi connectivity index (χ2n) is 10.7. The van der Waals surface area contributed by atoms with Crippen LogP contribution in [0, 0.1) is 0 Å². The Balaban J connectivity index is 1.56. The van der Waals surface area contributed by atoms with E-state index in [1.807, 2.05) is 0 Å². The molecule has 1 aromatic heterocycles. The minimum Gasteiger partial charge on any atom is -0.508 e. The number of hydrogen-bond acceptors (Lipinski definition) is 17. The van der Waals surface area contributed by atoms with E-state index >= 15 is 0 Å². The molecule has 250 valence electrons. The first-order valence-corrected chi connectivity index (χ1v) is 13.9. The highest BCUT2D eigenvalue weighted by molar-refractivity contribution is 5.88. The van der Waals surface area contributed by atoms with Crippen LogP contribution in [0.3, 0.4) is 0 Å². The van der Waals surface area contributed by atoms with Crippen molar-refractivity contribution in [1.82, 2.24) is 0 Å². The highest BCUT2D eigenvalue weighted by atomic mass is 16.8. The number of hydrogen-bond donors (Lipinski definition) is 9. The predicted octanol–water partition coefficient (Wildman–Crippen LogP) is -1.85. The van der Waals surface area contributed by atoms with E-state index in [1.165, 1.54) is 24.3 Å². The van der Waals surface area contributed by atoms with E-state index in [4.69, 9.17) is 28.1 Å². The summed E-state index contributed by atoms with van der Waals surface area (Å²) < 4.78 is 33.4. The predicted molar refractivity (Wildman–Crippen MR) is 149 cm³/mol. The van der Waals surface area contributed by atoms with Crippen LogP contribution in [0.4, 0.5) is 0 Å². The van der Waals surface area contributed by atoms with Crippen molar-refractivity contribution >= 4 is 16.9 Å². The number of esters is 1. The number of ether oxygens (including phenoxy) is 5. The topological polar surface area (TPSA) is 275 Å². The fourth-order valence-corrected chi connectivity index (χ4v) is 5.11. The van der Waals surface area contributed by atoms with Gasteiger partial charge in [-0.25, -0.2) is 0 Å². The molecule has 3 heterocycles. The van der Waals surface area contributed by atoms with Crippen LogP contribution in [0.5, 0.6) is 23.0 Å². The van der Waals surface area contributed by atoms with Gasteiger partial charge in [-0.15, -0.1) is 0 Å². The van der Waals surface area contributed by atoms with Crippen LogP contribution in [0.15, 0.2) is 45.6 Å². The van der Waals surface area contributed by atoms with E-state index in [-0.39, 0.29) is 22.7 Å². The second-order valence-corrected chi connectivity index (χ2v) is 10.7. The van der Waals surface area contributed by atoms with Crippen LogP contribution in [-0.4, -0.2) is 127 Å². The average molecular weight is 653 g/mol. The molecule has 10 unspecified atom stereocenters. The standard InChI is InChI=1S/C29H32O17/c1-10(31)41-9-17-20(36)22(38)24(40)28(44-17)46-27-23(39)19(35)16(8-30)43-29(27)45-26-21(37)18-14(34)6-13(33)7-15(18)42-25(26)11-2-4-12(32)5-3-11/h2-7,16-17,19-20,22-24,27-30,32-36,38-40H,8-9H2,1H3. The Hall–Kier alpha value is -4.04. The molecule has 17 nitrogen and oxygen atoms in total. The van der Waals surface area contributed by atoms with Gasteiger partial charge in [0.2, 0.25) is 17.5 Å². The molecular formula is C29H32O17. The molecule has 0 amide bonds. The zero-order valence-electron chi connectivity index (χ0n) is 23.9. The molecule has 5 rings (SSSR count). The molecule has 0 aliphatic carbocycles. The fraction of sp³-hybridized carbons (Fsp3) is 0.448. The van der Waals surface area contributed by atoms with E-state index in [1.54, 1.807) is 0 Å². The largest absolute Gasteiger partial charge is 0.508 e. The lowest BCUT2D eigenvalue weighted by Crippen LogP contribution is -2.65. The molecule has 46 heavy (non-hydrogen) atoms. The van der Waals surface area contributed by atoms with Crippen molar-refractivity contribution in [3.05, 3.63) is 46.6 Å². The highest BCUT2D eigenvalue weighted by Gasteiger charge is 2.52. The number of carbonyl (C=O) groups is 1. The minimum absolute atomic E-state index is 0.137. The highest BCUT2D eigenvalue weighted by Crippen LogP contribution is 2.38. The molecule has 2 aromatic carbocycles. The molecule has 2 aliphatic heterocycles. The van der Waals surface area contributed by atoms with Crippen molar-refractivity contribution in [3.63, 3.8) is 0 Å². The van der Waals surface area contributed by atoms with Crippen molar-refractivity contribution < 1.29 is 78.9 Å². The minimum atomic E-state index is -1.97. The molecular weight excluding hydrogens is 620 g/mol. The Morgan fingerprint density at radius 2 is 1.48 bits per heavy atom. The summed E-state index contributed by atoms with van der Waals surface area (Å²) in [4.78, 5) is 25.1. The normalized spacial score (nSPS) is 31.5. The number of fused-ring (bicyclic) bond motifs is 1. The zero-order chi connectivity index (χ0) is 33.4. The van der Waals surface area contributed by atoms with Gasteiger partial charge in [0.25, 0.3) is 0 Å². The molecule has 0 radical (unpaired) electrons. The summed E-state index contributed by atoms with van der Waals surface area (Å²) >= 11 is 0. The summed E-state index contributed by atoms with van der Waals surface area (Å²) in [5.74, 6) is -2.95. The first-order valence-electron chi connectivity index (χ1n) is 13.9. The summed E-state index contributed by atoms with van der Waals surface area (Å²) in [5, 5.41) is 92.6. The van der Waals surface area contributed by atoms with Crippen molar-refractivity contribution in [3.8, 4) is 34.3 Å². The number of benzene rings is 2. The summed E-state index contributed by atoms with van der Waals surface area (Å²) in [7, 11) is 0. The second kappa shape index (κ2) is 13.4. The molecule has 9 N–H and O–H groups in total. The van der Waals surface area contributed by atoms with E-state index in [0.29, 0.717) is 0 Å². The van der Waals surface area contributed by atoms with Gasteiger partial charge in [-0.1, -0.05) is 0 Å². The molecule has 17 heteroatoms. The lowest BCUT2D eigenvalue weighted by Gasteiger charge is -2.45. The summed E-state index contributed by atoms with van der Waals surface area (Å²) in [6.45, 7) is -0.324. The van der Waals surface area contributed by atoms with Crippen LogP contribution >= 0.6 is 0 Å². The van der Waals surface area contributed by atoms with Gasteiger partial charge in [0.15, 0.2) is 18.2 Å². The molecule has 0 bridgehead atoms. The monoisotopic (exact) mass is 652 g/mol. The van der Waals surface area contributed by atoms with E-state index in [0.717, 1.165) is 19.1 Å². The Morgan fingerprint density at radius 1 is 0.826 bits per heavy atom. The van der Waals surface area contributed by atoms with E-state index < -0.39 is 109 Å². The number of aliphatic hydroxyl groups is 6. The van der Waals surface area contributed by atoms with Gasteiger partial charge in [0.05, 0.1) is 6.61 Å². The Bertz CT molecular complexity index is 1610. The molecule has 3 aromatic rings. The third-order valence-corrected chi connectivity index (χ3v) is 7.52. The van der Waals surface area contributed by atoms with Crippen LogP contribution in [-0.2, 0) is 23.7 Å². The Kier molecular flexibility index (Phi) is 9.68. The number of carbonyl (C=O) groups excluding carboxylic acids is 1. The first-order chi connectivity index (χ1) is 21.8. The SMILES string of the molecule is CC(=O)OCC1OC(OC2C(Oc3c(-c4ccc(O)cc4)oc4cc(O)cc(O)c4c3=O)OC(CO)C(O)C2O)C(O)C(O)C1O. The number of phenolic OH excluding ortho intramolecular Hbond substituents is 3. The van der Waals surface area contributed by atoms with Gasteiger partial charge < -0.3 is 74.1 Å². The quantitative estimate of drug-likeness (QED) is 0.121. The zero-order valence-corrected chi connectivity index (χ0v) is 23.9. The fourth-order valence-electron chi connectivity index (χ4n) is 5.11. The maximum atomic E-state index is 13.8.